The van der Waals surface area contributed by atoms with Crippen LogP contribution in [0.4, 0.5) is 0 Å². The second kappa shape index (κ2) is 11.8. The third-order valence-corrected chi connectivity index (χ3v) is 7.00. The minimum atomic E-state index is -0.0496. The highest BCUT2D eigenvalue weighted by Gasteiger charge is 2.18. The summed E-state index contributed by atoms with van der Waals surface area (Å²) >= 11 is 0. The standard InChI is InChI=1S/C30H38N4O4/c1-31(2)17-15-21-19-33(23-9-7-11-25(35)29(21)23)27(37)13-5-6-14-28(38)34-20-22(16-18-32(3)4)30-24(34)10-8-12-26(30)36/h7-12,19-20,35-36H,5-6,13-18H2,1-4H3. The lowest BCUT2D eigenvalue weighted by molar-refractivity contribution is 0.0878. The lowest BCUT2D eigenvalue weighted by atomic mass is 10.1. The molecule has 0 fully saturated rings. The van der Waals surface area contributed by atoms with Crippen molar-refractivity contribution in [3.63, 3.8) is 0 Å². The van der Waals surface area contributed by atoms with Gasteiger partial charge >= 0.3 is 0 Å². The molecule has 0 saturated heterocycles. The summed E-state index contributed by atoms with van der Waals surface area (Å²) in [4.78, 5) is 30.4. The van der Waals surface area contributed by atoms with E-state index in [9.17, 15) is 19.8 Å². The van der Waals surface area contributed by atoms with Crippen molar-refractivity contribution in [2.75, 3.05) is 41.3 Å². The molecule has 0 aliphatic rings. The highest BCUT2D eigenvalue weighted by atomic mass is 16.3. The summed E-state index contributed by atoms with van der Waals surface area (Å²) in [6.45, 7) is 1.62. The Morgan fingerprint density at radius 3 is 1.45 bits per heavy atom. The first kappa shape index (κ1) is 27.4. The Bertz CT molecular complexity index is 1340. The predicted octanol–water partition coefficient (Wildman–Crippen LogP) is 4.76. The molecule has 2 aromatic heterocycles. The zero-order chi connectivity index (χ0) is 27.4. The molecule has 0 radical (unpaired) electrons. The highest BCUT2D eigenvalue weighted by molar-refractivity contribution is 5.98. The lowest BCUT2D eigenvalue weighted by Gasteiger charge is -2.08. The van der Waals surface area contributed by atoms with Gasteiger partial charge in [0.25, 0.3) is 0 Å². The van der Waals surface area contributed by atoms with Crippen LogP contribution >= 0.6 is 0 Å². The van der Waals surface area contributed by atoms with E-state index in [1.807, 2.05) is 52.7 Å². The second-order valence-electron chi connectivity index (χ2n) is 10.5. The quantitative estimate of drug-likeness (QED) is 0.278. The van der Waals surface area contributed by atoms with Crippen LogP contribution in [0.15, 0.2) is 48.8 Å². The largest absolute Gasteiger partial charge is 0.507 e. The Balaban J connectivity index is 1.42. The first-order chi connectivity index (χ1) is 18.2. The number of hydrogen-bond donors (Lipinski definition) is 2. The average molecular weight is 519 g/mol. The van der Waals surface area contributed by atoms with Gasteiger partial charge in [-0.05, 0) is 89.3 Å². The molecule has 4 aromatic rings. The van der Waals surface area contributed by atoms with Crippen molar-refractivity contribution >= 4 is 33.6 Å². The topological polar surface area (TPSA) is 90.9 Å². The van der Waals surface area contributed by atoms with Gasteiger partial charge in [0.05, 0.1) is 11.0 Å². The average Bonchev–Trinajstić information content (AvgIpc) is 3.44. The molecule has 38 heavy (non-hydrogen) atoms. The van der Waals surface area contributed by atoms with E-state index in [4.69, 9.17) is 0 Å². The number of rotatable bonds is 11. The predicted molar refractivity (Wildman–Crippen MR) is 151 cm³/mol. The number of likely N-dealkylation sites (N-methyl/N-ethyl adjacent to an activating group) is 2. The third-order valence-electron chi connectivity index (χ3n) is 7.00. The van der Waals surface area contributed by atoms with Gasteiger partial charge in [-0.15, -0.1) is 0 Å². The van der Waals surface area contributed by atoms with Gasteiger partial charge in [-0.3, -0.25) is 18.7 Å². The van der Waals surface area contributed by atoms with Gasteiger partial charge in [0, 0.05) is 49.1 Å². The molecule has 0 spiro atoms. The summed E-state index contributed by atoms with van der Waals surface area (Å²) < 4.78 is 3.28. The molecule has 2 N–H and O–H groups in total. The Morgan fingerprint density at radius 1 is 0.684 bits per heavy atom. The van der Waals surface area contributed by atoms with Crippen molar-refractivity contribution in [3.05, 3.63) is 59.9 Å². The van der Waals surface area contributed by atoms with E-state index < -0.39 is 0 Å². The van der Waals surface area contributed by atoms with E-state index in [1.165, 1.54) is 0 Å². The molecule has 0 aliphatic carbocycles. The molecule has 202 valence electrons. The van der Waals surface area contributed by atoms with Crippen LogP contribution in [0.2, 0.25) is 0 Å². The Kier molecular flexibility index (Phi) is 8.54. The summed E-state index contributed by atoms with van der Waals surface area (Å²) in [7, 11) is 7.98. The number of unbranched alkanes of at least 4 members (excludes halogenated alkanes) is 1. The fraction of sp³-hybridized carbons (Fsp3) is 0.400. The summed E-state index contributed by atoms with van der Waals surface area (Å²) in [5, 5.41) is 22.4. The maximum absolute atomic E-state index is 13.1. The van der Waals surface area contributed by atoms with Gasteiger partial charge in [-0.1, -0.05) is 12.1 Å². The number of carbonyl (C=O) groups is 2. The van der Waals surface area contributed by atoms with Crippen molar-refractivity contribution in [3.8, 4) is 11.5 Å². The number of benzene rings is 2. The number of aromatic hydroxyl groups is 2. The van der Waals surface area contributed by atoms with Gasteiger partial charge in [-0.25, -0.2) is 0 Å². The summed E-state index contributed by atoms with van der Waals surface area (Å²) in [5.74, 6) is 0.268. The van der Waals surface area contributed by atoms with Crippen molar-refractivity contribution in [1.29, 1.82) is 0 Å². The maximum atomic E-state index is 13.1. The first-order valence-corrected chi connectivity index (χ1v) is 13.2. The molecule has 0 atom stereocenters. The van der Waals surface area contributed by atoms with Crippen LogP contribution in [0, 0.1) is 0 Å². The number of carbonyl (C=O) groups excluding carboxylic acids is 2. The molecule has 2 heterocycles. The van der Waals surface area contributed by atoms with Crippen LogP contribution in [-0.4, -0.2) is 82.2 Å². The van der Waals surface area contributed by atoms with Crippen molar-refractivity contribution in [1.82, 2.24) is 18.9 Å². The van der Waals surface area contributed by atoms with Crippen molar-refractivity contribution < 1.29 is 19.8 Å². The Morgan fingerprint density at radius 2 is 1.08 bits per heavy atom. The number of aromatic nitrogens is 2. The number of hydrogen-bond acceptors (Lipinski definition) is 6. The van der Waals surface area contributed by atoms with Crippen LogP contribution < -0.4 is 0 Å². The van der Waals surface area contributed by atoms with E-state index in [-0.39, 0.29) is 23.3 Å². The number of nitrogens with zero attached hydrogens (tertiary/aromatic N) is 4. The molecule has 8 nitrogen and oxygen atoms in total. The molecule has 0 aliphatic heterocycles. The van der Waals surface area contributed by atoms with Gasteiger partial charge in [0.2, 0.25) is 11.8 Å². The van der Waals surface area contributed by atoms with Crippen LogP contribution in [0.25, 0.3) is 21.8 Å². The minimum absolute atomic E-state index is 0.0496. The summed E-state index contributed by atoms with van der Waals surface area (Å²) in [5.41, 5.74) is 3.32. The van der Waals surface area contributed by atoms with Crippen molar-refractivity contribution in [2.45, 2.75) is 38.5 Å². The molecular weight excluding hydrogens is 480 g/mol. The Hall–Kier alpha value is -3.62. The number of fused-ring (bicyclic) bond motifs is 2. The summed E-state index contributed by atoms with van der Waals surface area (Å²) in [6, 6.07) is 10.5. The molecule has 8 heteroatoms. The molecule has 0 bridgehead atoms. The van der Waals surface area contributed by atoms with Crippen LogP contribution in [0.3, 0.4) is 0 Å². The number of phenolic OH excluding ortho intramolecular Hbond substituents is 2. The smallest absolute Gasteiger partial charge is 0.231 e. The second-order valence-corrected chi connectivity index (χ2v) is 10.5. The first-order valence-electron chi connectivity index (χ1n) is 13.2. The van der Waals surface area contributed by atoms with Crippen molar-refractivity contribution in [2.24, 2.45) is 0 Å². The van der Waals surface area contributed by atoms with E-state index in [0.29, 0.717) is 36.7 Å². The van der Waals surface area contributed by atoms with E-state index in [2.05, 4.69) is 9.80 Å². The van der Waals surface area contributed by atoms with Gasteiger partial charge in [0.15, 0.2) is 0 Å². The zero-order valence-corrected chi connectivity index (χ0v) is 22.8. The van der Waals surface area contributed by atoms with Gasteiger partial charge in [0.1, 0.15) is 11.5 Å². The molecule has 0 unspecified atom stereocenters. The third kappa shape index (κ3) is 5.92. The van der Waals surface area contributed by atoms with E-state index in [1.54, 1.807) is 33.4 Å². The fourth-order valence-electron chi connectivity index (χ4n) is 4.97. The highest BCUT2D eigenvalue weighted by Crippen LogP contribution is 2.32. The normalized spacial score (nSPS) is 11.8. The van der Waals surface area contributed by atoms with Crippen LogP contribution in [0.1, 0.15) is 46.4 Å². The summed E-state index contributed by atoms with van der Waals surface area (Å²) in [6.07, 6.45) is 6.91. The molecule has 4 rings (SSSR count). The molecular formula is C30H38N4O4. The zero-order valence-electron chi connectivity index (χ0n) is 22.8. The molecule has 0 saturated carbocycles. The van der Waals surface area contributed by atoms with Gasteiger partial charge in [-0.2, -0.15) is 0 Å². The minimum Gasteiger partial charge on any atom is -0.507 e. The number of phenols is 2. The maximum Gasteiger partial charge on any atom is 0.231 e. The fourth-order valence-corrected chi connectivity index (χ4v) is 4.97. The van der Waals surface area contributed by atoms with Gasteiger partial charge < -0.3 is 20.0 Å². The molecule has 0 amide bonds. The Labute approximate surface area is 223 Å². The van der Waals surface area contributed by atoms with E-state index in [0.717, 1.165) is 47.8 Å². The SMILES string of the molecule is CN(C)CCc1cn(C(=O)CCCCC(=O)n2cc(CCN(C)C)c3c(O)cccc32)c2cccc(O)c12. The molecule has 2 aromatic carbocycles. The van der Waals surface area contributed by atoms with Crippen LogP contribution in [-0.2, 0) is 12.8 Å². The van der Waals surface area contributed by atoms with E-state index >= 15 is 0 Å². The van der Waals surface area contributed by atoms with Crippen LogP contribution in [0.5, 0.6) is 11.5 Å². The lowest BCUT2D eigenvalue weighted by Crippen LogP contribution is -2.15. The monoisotopic (exact) mass is 518 g/mol.